The molecule has 0 spiro atoms. The van der Waals surface area contributed by atoms with Crippen LogP contribution in [0.25, 0.3) is 11.4 Å². The number of allylic oxidation sites excluding steroid dienone is 1. The van der Waals surface area contributed by atoms with Crippen molar-refractivity contribution in [1.29, 1.82) is 0 Å². The number of nitrogens with zero attached hydrogens (tertiary/aromatic N) is 3. The molecule has 1 N–H and O–H groups in total. The van der Waals surface area contributed by atoms with Crippen molar-refractivity contribution in [3.63, 3.8) is 0 Å². The molecule has 0 saturated carbocycles. The topological polar surface area (TPSA) is 59.8 Å². The Morgan fingerprint density at radius 3 is 2.64 bits per heavy atom. The fourth-order valence-electron chi connectivity index (χ4n) is 2.64. The molecule has 5 nitrogen and oxygen atoms in total. The van der Waals surface area contributed by atoms with Crippen molar-refractivity contribution in [3.8, 4) is 11.4 Å². The first-order chi connectivity index (χ1) is 13.5. The molecule has 1 amide bonds. The van der Waals surface area contributed by atoms with Crippen LogP contribution in [0.5, 0.6) is 0 Å². The third kappa shape index (κ3) is 4.72. The van der Waals surface area contributed by atoms with Gasteiger partial charge in [-0.1, -0.05) is 64.1 Å². The first-order valence-electron chi connectivity index (χ1n) is 8.82. The lowest BCUT2D eigenvalue weighted by molar-refractivity contribution is -0.115. The number of carbonyl (C=O) groups is 1. The highest BCUT2D eigenvalue weighted by molar-refractivity contribution is 9.10. The predicted molar refractivity (Wildman–Crippen MR) is 118 cm³/mol. The van der Waals surface area contributed by atoms with E-state index in [9.17, 15) is 4.79 Å². The van der Waals surface area contributed by atoms with Crippen molar-refractivity contribution in [3.05, 3.63) is 71.2 Å². The number of benzene rings is 2. The molecule has 7 heteroatoms. The van der Waals surface area contributed by atoms with Gasteiger partial charge >= 0.3 is 0 Å². The lowest BCUT2D eigenvalue weighted by Gasteiger charge is -2.14. The van der Waals surface area contributed by atoms with Gasteiger partial charge in [-0.3, -0.25) is 9.36 Å². The quantitative estimate of drug-likeness (QED) is 0.385. The molecule has 1 aromatic heterocycles. The van der Waals surface area contributed by atoms with Crippen LogP contribution >= 0.6 is 27.7 Å². The van der Waals surface area contributed by atoms with Gasteiger partial charge in [0.05, 0.1) is 5.25 Å². The van der Waals surface area contributed by atoms with Crippen molar-refractivity contribution in [2.75, 3.05) is 5.32 Å². The molecule has 1 heterocycles. The minimum absolute atomic E-state index is 0.0716. The molecule has 0 saturated heterocycles. The summed E-state index contributed by atoms with van der Waals surface area (Å²) in [6, 6.07) is 15.6. The fraction of sp³-hybridized carbons (Fsp3) is 0.190. The second-order valence-electron chi connectivity index (χ2n) is 6.28. The number of hydrogen-bond donors (Lipinski definition) is 1. The first kappa shape index (κ1) is 20.4. The molecule has 1 atom stereocenters. The second kappa shape index (κ2) is 9.21. The van der Waals surface area contributed by atoms with Crippen molar-refractivity contribution in [2.24, 2.45) is 0 Å². The molecule has 3 aromatic rings. The average Bonchev–Trinajstić information content (AvgIpc) is 3.07. The normalized spacial score (nSPS) is 11.8. The Morgan fingerprint density at radius 1 is 1.25 bits per heavy atom. The zero-order valence-electron chi connectivity index (χ0n) is 15.7. The summed E-state index contributed by atoms with van der Waals surface area (Å²) in [5.41, 5.74) is 2.81. The third-order valence-electron chi connectivity index (χ3n) is 4.19. The summed E-state index contributed by atoms with van der Waals surface area (Å²) in [6.07, 6.45) is 1.80. The number of para-hydroxylation sites is 1. The molecule has 144 valence electrons. The summed E-state index contributed by atoms with van der Waals surface area (Å²) in [7, 11) is 0. The van der Waals surface area contributed by atoms with Gasteiger partial charge in [-0.25, -0.2) is 0 Å². The van der Waals surface area contributed by atoms with Crippen molar-refractivity contribution >= 4 is 39.3 Å². The van der Waals surface area contributed by atoms with Crippen molar-refractivity contribution < 1.29 is 4.79 Å². The van der Waals surface area contributed by atoms with Crippen LogP contribution in [-0.4, -0.2) is 25.9 Å². The predicted octanol–water partition coefficient (Wildman–Crippen LogP) is 5.32. The highest BCUT2D eigenvalue weighted by atomic mass is 79.9. The summed E-state index contributed by atoms with van der Waals surface area (Å²) >= 11 is 4.83. The zero-order chi connectivity index (χ0) is 20.1. The van der Waals surface area contributed by atoms with Crippen LogP contribution in [0.15, 0.2) is 70.8 Å². The van der Waals surface area contributed by atoms with Gasteiger partial charge in [0, 0.05) is 22.3 Å². The Kier molecular flexibility index (Phi) is 6.70. The summed E-state index contributed by atoms with van der Waals surface area (Å²) in [6.45, 7) is 8.23. The van der Waals surface area contributed by atoms with Gasteiger partial charge in [0.1, 0.15) is 0 Å². The monoisotopic (exact) mass is 456 g/mol. The fourth-order valence-corrected chi connectivity index (χ4v) is 3.76. The van der Waals surface area contributed by atoms with Crippen LogP contribution in [0.1, 0.15) is 12.5 Å². The number of halogens is 1. The summed E-state index contributed by atoms with van der Waals surface area (Å²) in [5, 5.41) is 12.0. The molecule has 0 aliphatic heterocycles. The number of rotatable bonds is 7. The van der Waals surface area contributed by atoms with Crippen LogP contribution < -0.4 is 5.32 Å². The number of anilines is 1. The van der Waals surface area contributed by atoms with E-state index in [1.807, 2.05) is 66.9 Å². The Bertz CT molecular complexity index is 984. The Morgan fingerprint density at radius 2 is 1.96 bits per heavy atom. The van der Waals surface area contributed by atoms with Crippen LogP contribution in [0.3, 0.4) is 0 Å². The number of thioether (sulfide) groups is 1. The van der Waals surface area contributed by atoms with Gasteiger partial charge in [-0.2, -0.15) is 0 Å². The van der Waals surface area contributed by atoms with E-state index in [2.05, 4.69) is 38.0 Å². The maximum Gasteiger partial charge on any atom is 0.237 e. The molecule has 0 aliphatic carbocycles. The average molecular weight is 457 g/mol. The maximum atomic E-state index is 12.6. The second-order valence-corrected chi connectivity index (χ2v) is 8.50. The maximum absolute atomic E-state index is 12.6. The Balaban J connectivity index is 1.79. The van der Waals surface area contributed by atoms with Crippen molar-refractivity contribution in [2.45, 2.75) is 30.8 Å². The van der Waals surface area contributed by atoms with Crippen LogP contribution in [0.2, 0.25) is 0 Å². The third-order valence-corrected chi connectivity index (χ3v) is 5.79. The van der Waals surface area contributed by atoms with Gasteiger partial charge in [0.15, 0.2) is 11.0 Å². The zero-order valence-corrected chi connectivity index (χ0v) is 18.1. The van der Waals surface area contributed by atoms with E-state index in [0.717, 1.165) is 27.1 Å². The van der Waals surface area contributed by atoms with Gasteiger partial charge in [0.2, 0.25) is 5.91 Å². The largest absolute Gasteiger partial charge is 0.325 e. The molecule has 0 fully saturated rings. The number of aryl methyl sites for hydroxylation is 1. The van der Waals surface area contributed by atoms with E-state index in [-0.39, 0.29) is 11.2 Å². The number of aromatic nitrogens is 3. The minimum atomic E-state index is -0.329. The van der Waals surface area contributed by atoms with E-state index in [1.54, 1.807) is 6.08 Å². The summed E-state index contributed by atoms with van der Waals surface area (Å²) < 4.78 is 2.97. The van der Waals surface area contributed by atoms with Crippen LogP contribution in [0.4, 0.5) is 5.69 Å². The highest BCUT2D eigenvalue weighted by Crippen LogP contribution is 2.28. The van der Waals surface area contributed by atoms with Gasteiger partial charge in [0.25, 0.3) is 0 Å². The van der Waals surface area contributed by atoms with Crippen LogP contribution in [0, 0.1) is 6.92 Å². The smallest absolute Gasteiger partial charge is 0.237 e. The van der Waals surface area contributed by atoms with Gasteiger partial charge in [-0.15, -0.1) is 16.8 Å². The summed E-state index contributed by atoms with van der Waals surface area (Å²) in [5.74, 6) is 0.680. The lowest BCUT2D eigenvalue weighted by Crippen LogP contribution is -2.23. The molecule has 0 radical (unpaired) electrons. The molecule has 0 aliphatic rings. The SMILES string of the molecule is C=CCn1c(SC(C)C(=O)Nc2ccccc2C)nnc1-c1ccc(Br)cc1. The van der Waals surface area contributed by atoms with Gasteiger partial charge in [-0.05, 0) is 37.6 Å². The number of amides is 1. The number of hydrogen-bond acceptors (Lipinski definition) is 4. The lowest BCUT2D eigenvalue weighted by atomic mass is 10.2. The van der Waals surface area contributed by atoms with Crippen molar-refractivity contribution in [1.82, 2.24) is 14.8 Å². The highest BCUT2D eigenvalue weighted by Gasteiger charge is 2.21. The van der Waals surface area contributed by atoms with E-state index in [0.29, 0.717) is 11.7 Å². The van der Waals surface area contributed by atoms with E-state index >= 15 is 0 Å². The van der Waals surface area contributed by atoms with Crippen LogP contribution in [-0.2, 0) is 11.3 Å². The molecular formula is C21H21BrN4OS. The van der Waals surface area contributed by atoms with E-state index < -0.39 is 0 Å². The molecule has 0 bridgehead atoms. The standard InChI is InChI=1S/C21H21BrN4OS/c1-4-13-26-19(16-9-11-17(22)12-10-16)24-25-21(26)28-15(3)20(27)23-18-8-6-5-7-14(18)2/h4-12,15H,1,13H2,2-3H3,(H,23,27). The summed E-state index contributed by atoms with van der Waals surface area (Å²) in [4.78, 5) is 12.6. The Hall–Kier alpha value is -2.38. The van der Waals surface area contributed by atoms with Gasteiger partial charge < -0.3 is 5.32 Å². The first-order valence-corrected chi connectivity index (χ1v) is 10.5. The van der Waals surface area contributed by atoms with E-state index in [1.165, 1.54) is 11.8 Å². The molecule has 1 unspecified atom stereocenters. The number of nitrogens with one attached hydrogen (secondary N) is 1. The molecule has 28 heavy (non-hydrogen) atoms. The Labute approximate surface area is 177 Å². The van der Waals surface area contributed by atoms with E-state index in [4.69, 9.17) is 0 Å². The minimum Gasteiger partial charge on any atom is -0.325 e. The number of carbonyl (C=O) groups excluding carboxylic acids is 1. The molecule has 3 rings (SSSR count). The molecular weight excluding hydrogens is 436 g/mol. The molecule has 2 aromatic carbocycles.